The van der Waals surface area contributed by atoms with Crippen molar-refractivity contribution in [2.45, 2.75) is 25.9 Å². The number of rotatable bonds is 5. The first-order valence-electron chi connectivity index (χ1n) is 7.24. The van der Waals surface area contributed by atoms with Gasteiger partial charge in [-0.05, 0) is 25.6 Å². The smallest absolute Gasteiger partial charge is 0.245 e. The predicted molar refractivity (Wildman–Crippen MR) is 81.2 cm³/mol. The highest BCUT2D eigenvalue weighted by Crippen LogP contribution is 2.24. The van der Waals surface area contributed by atoms with Crippen LogP contribution >= 0.6 is 0 Å². The number of nitrogens with one attached hydrogen (secondary N) is 1. The average molecular weight is 275 g/mol. The average Bonchev–Trinajstić information content (AvgIpc) is 2.78. The van der Waals surface area contributed by atoms with Crippen LogP contribution in [0.1, 0.15) is 25.5 Å². The Morgan fingerprint density at radius 2 is 1.95 bits per heavy atom. The van der Waals surface area contributed by atoms with Gasteiger partial charge in [0.15, 0.2) is 0 Å². The highest BCUT2D eigenvalue weighted by Gasteiger charge is 2.37. The minimum absolute atomic E-state index is 0.191. The van der Waals surface area contributed by atoms with E-state index in [1.807, 2.05) is 35.2 Å². The second kappa shape index (κ2) is 6.37. The Morgan fingerprint density at radius 1 is 1.30 bits per heavy atom. The van der Waals surface area contributed by atoms with Crippen molar-refractivity contribution in [2.75, 3.05) is 27.3 Å². The molecule has 1 aromatic carbocycles. The van der Waals surface area contributed by atoms with E-state index in [2.05, 4.69) is 38.2 Å². The molecule has 20 heavy (non-hydrogen) atoms. The van der Waals surface area contributed by atoms with Gasteiger partial charge < -0.3 is 9.80 Å². The quantitative estimate of drug-likeness (QED) is 0.888. The third kappa shape index (κ3) is 3.19. The molecule has 2 rings (SSSR count). The number of nitrogens with zero attached hydrogens (tertiary/aromatic N) is 2. The van der Waals surface area contributed by atoms with E-state index in [4.69, 9.17) is 0 Å². The van der Waals surface area contributed by atoms with Gasteiger partial charge in [0, 0.05) is 12.6 Å². The topological polar surface area (TPSA) is 35.6 Å². The van der Waals surface area contributed by atoms with Crippen molar-refractivity contribution in [3.05, 3.63) is 35.9 Å². The molecule has 1 saturated heterocycles. The van der Waals surface area contributed by atoms with Crippen LogP contribution in [0.25, 0.3) is 0 Å². The van der Waals surface area contributed by atoms with Crippen molar-refractivity contribution in [1.29, 1.82) is 0 Å². The molecule has 0 aliphatic carbocycles. The second-order valence-electron chi connectivity index (χ2n) is 6.09. The summed E-state index contributed by atoms with van der Waals surface area (Å²) in [5.41, 5.74) is 1.05. The summed E-state index contributed by atoms with van der Waals surface area (Å²) in [6.07, 6.45) is 0. The molecule has 0 spiro atoms. The van der Waals surface area contributed by atoms with Crippen LogP contribution in [0.5, 0.6) is 0 Å². The van der Waals surface area contributed by atoms with Gasteiger partial charge in [0.25, 0.3) is 0 Å². The molecule has 1 aromatic rings. The number of carbonyl (C=O) groups is 1. The molecule has 4 nitrogen and oxygen atoms in total. The zero-order chi connectivity index (χ0) is 14.7. The van der Waals surface area contributed by atoms with Gasteiger partial charge in [0.05, 0.1) is 6.67 Å². The number of hydrogen-bond donors (Lipinski definition) is 1. The number of amides is 1. The van der Waals surface area contributed by atoms with Crippen molar-refractivity contribution < 1.29 is 4.79 Å². The fourth-order valence-corrected chi connectivity index (χ4v) is 2.75. The summed E-state index contributed by atoms with van der Waals surface area (Å²) in [7, 11) is 4.11. The summed E-state index contributed by atoms with van der Waals surface area (Å²) < 4.78 is 0. The Bertz CT molecular complexity index is 444. The maximum atomic E-state index is 12.7. The number of likely N-dealkylation sites (N-methyl/N-ethyl adjacent to an activating group) is 1. The SMILES string of the molecule is CC(C)C(CN(C)C)N1CNC(c2ccccc2)C1=O. The fourth-order valence-electron chi connectivity index (χ4n) is 2.75. The van der Waals surface area contributed by atoms with Crippen LogP contribution < -0.4 is 5.32 Å². The normalized spacial score (nSPS) is 21.0. The highest BCUT2D eigenvalue weighted by atomic mass is 16.2. The van der Waals surface area contributed by atoms with Gasteiger partial charge in [0.2, 0.25) is 5.91 Å². The van der Waals surface area contributed by atoms with Crippen molar-refractivity contribution in [3.63, 3.8) is 0 Å². The number of carbonyl (C=O) groups excluding carboxylic acids is 1. The molecule has 1 N–H and O–H groups in total. The number of hydrogen-bond acceptors (Lipinski definition) is 3. The summed E-state index contributed by atoms with van der Waals surface area (Å²) in [6, 6.07) is 10.0. The fraction of sp³-hybridized carbons (Fsp3) is 0.562. The Balaban J connectivity index is 2.13. The van der Waals surface area contributed by atoms with Crippen LogP contribution in [0.4, 0.5) is 0 Å². The van der Waals surface area contributed by atoms with Crippen molar-refractivity contribution in [3.8, 4) is 0 Å². The zero-order valence-electron chi connectivity index (χ0n) is 12.8. The Hall–Kier alpha value is -1.39. The van der Waals surface area contributed by atoms with E-state index in [-0.39, 0.29) is 18.0 Å². The van der Waals surface area contributed by atoms with Gasteiger partial charge in [-0.2, -0.15) is 0 Å². The molecule has 0 saturated carbocycles. The molecule has 0 aromatic heterocycles. The molecule has 1 fully saturated rings. The lowest BCUT2D eigenvalue weighted by molar-refractivity contribution is -0.132. The van der Waals surface area contributed by atoms with E-state index in [0.717, 1.165) is 12.1 Å². The molecular formula is C16H25N3O. The largest absolute Gasteiger partial charge is 0.324 e. The lowest BCUT2D eigenvalue weighted by Gasteiger charge is -2.32. The van der Waals surface area contributed by atoms with Crippen LogP contribution in [0.15, 0.2) is 30.3 Å². The molecule has 2 unspecified atom stereocenters. The Kier molecular flexibility index (Phi) is 4.78. The van der Waals surface area contributed by atoms with E-state index in [0.29, 0.717) is 12.6 Å². The minimum atomic E-state index is -0.195. The van der Waals surface area contributed by atoms with Crippen LogP contribution in [-0.2, 0) is 4.79 Å². The summed E-state index contributed by atoms with van der Waals surface area (Å²) >= 11 is 0. The summed E-state index contributed by atoms with van der Waals surface area (Å²) in [5.74, 6) is 0.634. The molecule has 2 atom stereocenters. The minimum Gasteiger partial charge on any atom is -0.324 e. The first-order chi connectivity index (χ1) is 9.50. The van der Waals surface area contributed by atoms with E-state index in [1.54, 1.807) is 0 Å². The number of benzene rings is 1. The second-order valence-corrected chi connectivity index (χ2v) is 6.09. The summed E-state index contributed by atoms with van der Waals surface area (Å²) in [5, 5.41) is 3.34. The van der Waals surface area contributed by atoms with E-state index >= 15 is 0 Å². The van der Waals surface area contributed by atoms with Crippen LogP contribution in [0, 0.1) is 5.92 Å². The zero-order valence-corrected chi connectivity index (χ0v) is 12.8. The predicted octanol–water partition coefficient (Wildman–Crippen LogP) is 1.70. The molecule has 110 valence electrons. The first kappa shape index (κ1) is 15.0. The highest BCUT2D eigenvalue weighted by molar-refractivity contribution is 5.85. The Labute approximate surface area is 121 Å². The van der Waals surface area contributed by atoms with Crippen LogP contribution in [-0.4, -0.2) is 49.1 Å². The van der Waals surface area contributed by atoms with Crippen molar-refractivity contribution in [2.24, 2.45) is 5.92 Å². The van der Waals surface area contributed by atoms with Gasteiger partial charge in [-0.15, -0.1) is 0 Å². The molecular weight excluding hydrogens is 250 g/mol. The third-order valence-corrected chi connectivity index (χ3v) is 3.85. The van der Waals surface area contributed by atoms with Crippen molar-refractivity contribution >= 4 is 5.91 Å². The lowest BCUT2D eigenvalue weighted by atomic mass is 10.0. The Morgan fingerprint density at radius 3 is 2.50 bits per heavy atom. The van der Waals surface area contributed by atoms with Crippen LogP contribution in [0.3, 0.4) is 0 Å². The molecule has 0 radical (unpaired) electrons. The first-order valence-corrected chi connectivity index (χ1v) is 7.24. The van der Waals surface area contributed by atoms with Gasteiger partial charge >= 0.3 is 0 Å². The molecule has 0 bridgehead atoms. The molecule has 1 amide bonds. The van der Waals surface area contributed by atoms with Crippen LogP contribution in [0.2, 0.25) is 0 Å². The standard InChI is InChI=1S/C16H25N3O/c1-12(2)14(10-18(3)4)19-11-17-15(16(19)20)13-8-6-5-7-9-13/h5-9,12,14-15,17H,10-11H2,1-4H3. The van der Waals surface area contributed by atoms with E-state index in [1.165, 1.54) is 0 Å². The molecule has 1 aliphatic rings. The maximum Gasteiger partial charge on any atom is 0.245 e. The maximum absolute atomic E-state index is 12.7. The van der Waals surface area contributed by atoms with Gasteiger partial charge in [-0.3, -0.25) is 10.1 Å². The van der Waals surface area contributed by atoms with Gasteiger partial charge in [-0.1, -0.05) is 44.2 Å². The van der Waals surface area contributed by atoms with Gasteiger partial charge in [0.1, 0.15) is 6.04 Å². The third-order valence-electron chi connectivity index (χ3n) is 3.85. The monoisotopic (exact) mass is 275 g/mol. The molecule has 4 heteroatoms. The van der Waals surface area contributed by atoms with E-state index in [9.17, 15) is 4.79 Å². The molecule has 1 aliphatic heterocycles. The lowest BCUT2D eigenvalue weighted by Crippen LogP contribution is -2.46. The molecule has 1 heterocycles. The summed E-state index contributed by atoms with van der Waals surface area (Å²) in [4.78, 5) is 16.8. The van der Waals surface area contributed by atoms with E-state index < -0.39 is 0 Å². The van der Waals surface area contributed by atoms with Crippen molar-refractivity contribution in [1.82, 2.24) is 15.1 Å². The summed E-state index contributed by atoms with van der Waals surface area (Å²) in [6.45, 7) is 5.89. The van der Waals surface area contributed by atoms with Gasteiger partial charge in [-0.25, -0.2) is 0 Å².